The van der Waals surface area contributed by atoms with Crippen LogP contribution in [0.1, 0.15) is 85.5 Å². The molecular weight excluding hydrogens is 659 g/mol. The number of piperidine rings is 1. The van der Waals surface area contributed by atoms with Crippen molar-refractivity contribution in [3.63, 3.8) is 0 Å². The molecule has 13 heteroatoms. The number of amides is 4. The van der Waals surface area contributed by atoms with E-state index < -0.39 is 74.4 Å². The van der Waals surface area contributed by atoms with Crippen LogP contribution in [-0.2, 0) is 34.0 Å². The molecule has 0 spiro atoms. The number of ketones is 1. The van der Waals surface area contributed by atoms with E-state index in [1.807, 2.05) is 27.7 Å². The van der Waals surface area contributed by atoms with Gasteiger partial charge in [-0.3, -0.25) is 24.0 Å². The number of carbonyl (C=O) groups excluding carboxylic acids is 5. The van der Waals surface area contributed by atoms with Crippen LogP contribution in [0.5, 0.6) is 0 Å². The van der Waals surface area contributed by atoms with E-state index in [2.05, 4.69) is 27.3 Å². The van der Waals surface area contributed by atoms with Crippen molar-refractivity contribution < 1.29 is 32.4 Å². The van der Waals surface area contributed by atoms with Gasteiger partial charge in [-0.1, -0.05) is 84.1 Å². The van der Waals surface area contributed by atoms with Crippen molar-refractivity contribution in [3.8, 4) is 0 Å². The molecule has 50 heavy (non-hydrogen) atoms. The molecule has 0 radical (unpaired) electrons. The molecule has 1 aromatic carbocycles. The Balaban J connectivity index is 1.37. The average molecular weight is 712 g/mol. The Morgan fingerprint density at radius 2 is 1.68 bits per heavy atom. The smallest absolute Gasteiger partial charge is 0.289 e. The van der Waals surface area contributed by atoms with Gasteiger partial charge in [-0.2, -0.15) is 4.72 Å². The molecule has 4 amide bonds. The van der Waals surface area contributed by atoms with Crippen LogP contribution in [0.2, 0.25) is 0 Å². The van der Waals surface area contributed by atoms with Crippen molar-refractivity contribution in [2.45, 2.75) is 115 Å². The van der Waals surface area contributed by atoms with Crippen molar-refractivity contribution in [2.24, 2.45) is 28.6 Å². The number of nitrogens with one attached hydrogen (secondary N) is 4. The minimum absolute atomic E-state index is 0.0439. The number of hydrogen-bond donors (Lipinski definition) is 4. The molecule has 274 valence electrons. The molecule has 4 aliphatic rings. The highest BCUT2D eigenvalue weighted by atomic mass is 32.2. The number of Topliss-reactive ketones (excluding diaryl/α,β-unsaturated/α-hetero) is 1. The van der Waals surface area contributed by atoms with Gasteiger partial charge in [0.25, 0.3) is 5.91 Å². The lowest BCUT2D eigenvalue weighted by atomic mass is 9.70. The minimum Gasteiger partial charge on any atom is -0.346 e. The molecule has 3 aliphatic carbocycles. The molecular formula is C37H53N5O7S. The van der Waals surface area contributed by atoms with E-state index in [4.69, 9.17) is 0 Å². The fraction of sp³-hybridized carbons (Fsp3) is 0.649. The highest BCUT2D eigenvalue weighted by molar-refractivity contribution is 7.89. The van der Waals surface area contributed by atoms with Gasteiger partial charge in [0.2, 0.25) is 33.5 Å². The number of benzene rings is 1. The first-order chi connectivity index (χ1) is 23.6. The monoisotopic (exact) mass is 711 g/mol. The van der Waals surface area contributed by atoms with Gasteiger partial charge in [-0.15, -0.1) is 6.58 Å². The molecule has 1 heterocycles. The van der Waals surface area contributed by atoms with E-state index in [0.717, 1.165) is 38.5 Å². The van der Waals surface area contributed by atoms with Crippen molar-refractivity contribution in [1.29, 1.82) is 0 Å². The van der Waals surface area contributed by atoms with Gasteiger partial charge in [0.15, 0.2) is 0 Å². The normalized spacial score (nSPS) is 24.6. The van der Waals surface area contributed by atoms with Crippen LogP contribution in [0.4, 0.5) is 0 Å². The van der Waals surface area contributed by atoms with Gasteiger partial charge in [0, 0.05) is 13.1 Å². The summed E-state index contributed by atoms with van der Waals surface area (Å²) in [6.45, 7) is 11.4. The Hall–Kier alpha value is -3.58. The maximum atomic E-state index is 14.5. The molecule has 12 nitrogen and oxygen atoms in total. The number of fused-ring (bicyclic) bond motifs is 1. The first-order valence-electron chi connectivity index (χ1n) is 18.0. The molecule has 0 aromatic heterocycles. The molecule has 4 N–H and O–H groups in total. The zero-order valence-electron chi connectivity index (χ0n) is 29.7. The van der Waals surface area contributed by atoms with Crippen LogP contribution < -0.4 is 20.7 Å². The van der Waals surface area contributed by atoms with Crippen molar-refractivity contribution in [1.82, 2.24) is 25.6 Å². The predicted molar refractivity (Wildman–Crippen MR) is 188 cm³/mol. The van der Waals surface area contributed by atoms with Gasteiger partial charge < -0.3 is 20.9 Å². The summed E-state index contributed by atoms with van der Waals surface area (Å²) in [5, 5.41) is 8.26. The third-order valence-electron chi connectivity index (χ3n) is 10.9. The Morgan fingerprint density at radius 1 is 1.02 bits per heavy atom. The van der Waals surface area contributed by atoms with Gasteiger partial charge in [-0.05, 0) is 66.4 Å². The second kappa shape index (κ2) is 15.0. The Labute approximate surface area is 296 Å². The third kappa shape index (κ3) is 8.65. The summed E-state index contributed by atoms with van der Waals surface area (Å²) in [5.41, 5.74) is -1.49. The van der Waals surface area contributed by atoms with E-state index in [-0.39, 0.29) is 29.2 Å². The van der Waals surface area contributed by atoms with Crippen LogP contribution in [0.25, 0.3) is 0 Å². The van der Waals surface area contributed by atoms with Crippen LogP contribution in [0, 0.1) is 28.6 Å². The lowest BCUT2D eigenvalue weighted by Crippen LogP contribution is -2.63. The number of rotatable bonds is 15. The summed E-state index contributed by atoms with van der Waals surface area (Å²) in [5.74, 6) is -2.77. The van der Waals surface area contributed by atoms with Crippen LogP contribution in [-0.4, -0.2) is 80.0 Å². The number of hydrogen-bond acceptors (Lipinski definition) is 7. The summed E-state index contributed by atoms with van der Waals surface area (Å²) in [6.07, 6.45) is 8.38. The Kier molecular flexibility index (Phi) is 11.3. The van der Waals surface area contributed by atoms with Gasteiger partial charge in [0.1, 0.15) is 18.1 Å². The molecule has 1 unspecified atom stereocenters. The largest absolute Gasteiger partial charge is 0.346 e. The number of nitrogens with zero attached hydrogens (tertiary/aromatic N) is 1. The first-order valence-corrected chi connectivity index (χ1v) is 19.5. The SMILES string of the molecule is C=CCNC(=O)C(=O)C(CC1CC1)NC(=O)[C@@H]1[C@H]2C[C@H]2CN1C(=O)[C@@H](NC(=O)[C@@H](NS(=O)(=O)c1ccccc1)C1(C)CCCCC1)C(C)(C)C. The standard InChI is InChI=1S/C37H53N5O7S/c1-6-19-38-33(45)29(43)27(20-23-15-16-23)39-32(44)28-26-21-24(26)22-42(28)35(47)31(36(2,3)4)40-34(46)30(37(5)17-11-8-12-18-37)41-50(48,49)25-13-9-7-10-14-25/h6-7,9-10,13-14,23-24,26-28,30-31,41H,1,8,11-12,15-22H2,2-5H3,(H,38,45)(H,39,44)(H,40,46)/t24-,26-,27?,28-,30+,31+/m0/s1. The van der Waals surface area contributed by atoms with Crippen LogP contribution in [0.15, 0.2) is 47.9 Å². The second-order valence-electron chi connectivity index (χ2n) is 16.1. The zero-order valence-corrected chi connectivity index (χ0v) is 30.5. The average Bonchev–Trinajstić information content (AvgIpc) is 4.02. The molecule has 6 atom stereocenters. The van der Waals surface area contributed by atoms with Crippen molar-refractivity contribution in [3.05, 3.63) is 43.0 Å². The third-order valence-corrected chi connectivity index (χ3v) is 12.4. The zero-order chi connectivity index (χ0) is 36.4. The molecule has 1 saturated heterocycles. The van der Waals surface area contributed by atoms with Crippen molar-refractivity contribution >= 4 is 39.4 Å². The van der Waals surface area contributed by atoms with Gasteiger partial charge in [0.05, 0.1) is 10.9 Å². The van der Waals surface area contributed by atoms with Gasteiger partial charge in [-0.25, -0.2) is 8.42 Å². The lowest BCUT2D eigenvalue weighted by Gasteiger charge is -2.42. The lowest BCUT2D eigenvalue weighted by molar-refractivity contribution is -0.146. The second-order valence-corrected chi connectivity index (χ2v) is 17.8. The van der Waals surface area contributed by atoms with E-state index in [0.29, 0.717) is 25.8 Å². The highest BCUT2D eigenvalue weighted by Crippen LogP contribution is 2.50. The maximum Gasteiger partial charge on any atom is 0.289 e. The summed E-state index contributed by atoms with van der Waals surface area (Å²) in [6, 6.07) is 3.82. The van der Waals surface area contributed by atoms with E-state index in [9.17, 15) is 32.4 Å². The summed E-state index contributed by atoms with van der Waals surface area (Å²) < 4.78 is 29.8. The summed E-state index contributed by atoms with van der Waals surface area (Å²) in [7, 11) is -4.08. The van der Waals surface area contributed by atoms with Crippen molar-refractivity contribution in [2.75, 3.05) is 13.1 Å². The van der Waals surface area contributed by atoms with Crippen LogP contribution in [0.3, 0.4) is 0 Å². The molecule has 5 rings (SSSR count). The number of likely N-dealkylation sites (tertiary alicyclic amines) is 1. The molecule has 0 bridgehead atoms. The van der Waals surface area contributed by atoms with E-state index in [1.54, 1.807) is 18.2 Å². The summed E-state index contributed by atoms with van der Waals surface area (Å²) in [4.78, 5) is 69.9. The Bertz CT molecular complexity index is 1580. The quantitative estimate of drug-likeness (QED) is 0.160. The maximum absolute atomic E-state index is 14.5. The van der Waals surface area contributed by atoms with Crippen LogP contribution >= 0.6 is 0 Å². The predicted octanol–water partition coefficient (Wildman–Crippen LogP) is 2.84. The first kappa shape index (κ1) is 37.7. The summed E-state index contributed by atoms with van der Waals surface area (Å²) >= 11 is 0. The minimum atomic E-state index is -4.08. The fourth-order valence-electron chi connectivity index (χ4n) is 7.64. The molecule has 4 fully saturated rings. The van der Waals surface area contributed by atoms with E-state index >= 15 is 0 Å². The van der Waals surface area contributed by atoms with Gasteiger partial charge >= 0.3 is 0 Å². The molecule has 1 aliphatic heterocycles. The number of carbonyl (C=O) groups is 5. The topological polar surface area (TPSA) is 171 Å². The number of sulfonamides is 1. The molecule has 1 aromatic rings. The molecule has 3 saturated carbocycles. The van der Waals surface area contributed by atoms with E-state index in [1.165, 1.54) is 23.1 Å². The highest BCUT2D eigenvalue weighted by Gasteiger charge is 2.59. The fourth-order valence-corrected chi connectivity index (χ4v) is 8.99. The Morgan fingerprint density at radius 3 is 2.28 bits per heavy atom.